The molecule has 5 fully saturated rings. The van der Waals surface area contributed by atoms with E-state index < -0.39 is 17.7 Å². The molecule has 2 aliphatic heterocycles. The molecule has 4 saturated carbocycles. The van der Waals surface area contributed by atoms with E-state index in [0.29, 0.717) is 0 Å². The lowest BCUT2D eigenvalue weighted by Gasteiger charge is -2.75. The molecule has 0 amide bonds. The number of piperidine rings is 1. The molecular formula is C30H43NO4. The maximum absolute atomic E-state index is 12.3. The molecule has 4 bridgehead atoms. The number of hydrogen-bond donors (Lipinski definition) is 1. The predicted octanol–water partition coefficient (Wildman–Crippen LogP) is 4.72. The SMILES string of the molecule is [2H]C([2H])(C1CC1)N1CC[C@]23c4c5ccc(OC)c4O[C@H]2[C@@]2(OC)CC[C@@]3(C[C@@H]2[C@](C)(O)C(C)(C)C)[C@H]1C5. The van der Waals surface area contributed by atoms with Gasteiger partial charge in [0.2, 0.25) is 0 Å². The molecule has 0 aromatic heterocycles. The van der Waals surface area contributed by atoms with Crippen LogP contribution in [-0.2, 0) is 16.6 Å². The molecule has 5 aliphatic carbocycles. The summed E-state index contributed by atoms with van der Waals surface area (Å²) < 4.78 is 38.0. The number of rotatable bonds is 5. The zero-order valence-corrected chi connectivity index (χ0v) is 22.2. The molecule has 8 rings (SSSR count). The van der Waals surface area contributed by atoms with Gasteiger partial charge in [0.25, 0.3) is 0 Å². The first-order valence-corrected chi connectivity index (χ1v) is 13.7. The summed E-state index contributed by atoms with van der Waals surface area (Å²) in [4.78, 5) is 2.26. The van der Waals surface area contributed by atoms with Crippen molar-refractivity contribution in [3.05, 3.63) is 23.3 Å². The smallest absolute Gasteiger partial charge is 0.165 e. The van der Waals surface area contributed by atoms with Gasteiger partial charge in [-0.15, -0.1) is 0 Å². The molecular weight excluding hydrogens is 438 g/mol. The molecule has 192 valence electrons. The molecule has 1 aromatic carbocycles. The Morgan fingerprint density at radius 1 is 1.17 bits per heavy atom. The third-order valence-corrected chi connectivity index (χ3v) is 11.7. The largest absolute Gasteiger partial charge is 0.493 e. The summed E-state index contributed by atoms with van der Waals surface area (Å²) in [5.41, 5.74) is 0.157. The minimum Gasteiger partial charge on any atom is -0.493 e. The number of nitrogens with zero attached hydrogens (tertiary/aromatic N) is 1. The zero-order chi connectivity index (χ0) is 26.4. The Balaban J connectivity index is 1.49. The van der Waals surface area contributed by atoms with Crippen LogP contribution in [0.1, 0.15) is 80.1 Å². The number of ether oxygens (including phenoxy) is 3. The minimum absolute atomic E-state index is 0.0724. The third kappa shape index (κ3) is 2.47. The minimum atomic E-state index is -1.31. The second-order valence-corrected chi connectivity index (χ2v) is 13.6. The number of likely N-dealkylation sites (tertiary alicyclic amines) is 1. The van der Waals surface area contributed by atoms with Crippen LogP contribution < -0.4 is 9.47 Å². The Kier molecular flexibility index (Phi) is 4.00. The van der Waals surface area contributed by atoms with E-state index in [1.54, 1.807) is 7.11 Å². The molecule has 5 nitrogen and oxygen atoms in total. The molecule has 1 aromatic rings. The van der Waals surface area contributed by atoms with E-state index in [2.05, 4.69) is 31.7 Å². The topological polar surface area (TPSA) is 51.2 Å². The summed E-state index contributed by atoms with van der Waals surface area (Å²) in [5, 5.41) is 12.3. The summed E-state index contributed by atoms with van der Waals surface area (Å²) in [5.74, 6) is 1.63. The predicted molar refractivity (Wildman–Crippen MR) is 135 cm³/mol. The van der Waals surface area contributed by atoms with Crippen molar-refractivity contribution >= 4 is 0 Å². The normalized spacial score (nSPS) is 44.1. The van der Waals surface area contributed by atoms with Crippen LogP contribution in [0, 0.1) is 22.7 Å². The van der Waals surface area contributed by atoms with Crippen LogP contribution in [0.25, 0.3) is 0 Å². The van der Waals surface area contributed by atoms with Crippen molar-refractivity contribution in [2.75, 3.05) is 27.3 Å². The van der Waals surface area contributed by atoms with Gasteiger partial charge in [-0.05, 0) is 81.4 Å². The maximum atomic E-state index is 12.3. The van der Waals surface area contributed by atoms with Gasteiger partial charge < -0.3 is 19.3 Å². The van der Waals surface area contributed by atoms with Crippen LogP contribution in [0.4, 0.5) is 0 Å². The van der Waals surface area contributed by atoms with E-state index in [-0.39, 0.29) is 40.2 Å². The molecule has 7 aliphatic rings. The standard InChI is InChI=1S/C30H43NO4/c1-26(2,3)27(4,32)21-16-28-11-12-30(21,34-6)25-29(28)13-14-31(17-18-7-8-18)22(28)15-19-9-10-20(33-5)24(35-25)23(19)29/h9-10,18,21-22,25,32H,7-8,11-17H2,1-6H3/t21-,22-,25-,27+,28-,29+,30-/m1/s1/i17D2. The fourth-order valence-corrected chi connectivity index (χ4v) is 9.39. The van der Waals surface area contributed by atoms with Gasteiger partial charge in [0.05, 0.1) is 12.7 Å². The highest BCUT2D eigenvalue weighted by Crippen LogP contribution is 2.78. The Morgan fingerprint density at radius 3 is 2.60 bits per heavy atom. The average Bonchev–Trinajstić information content (AvgIpc) is 3.64. The van der Waals surface area contributed by atoms with Gasteiger partial charge in [-0.2, -0.15) is 0 Å². The number of hydrogen-bond acceptors (Lipinski definition) is 5. The lowest BCUT2D eigenvalue weighted by atomic mass is 9.33. The van der Waals surface area contributed by atoms with Crippen molar-refractivity contribution < 1.29 is 22.1 Å². The second-order valence-electron chi connectivity index (χ2n) is 13.6. The third-order valence-electron chi connectivity index (χ3n) is 11.7. The molecule has 2 spiro atoms. The van der Waals surface area contributed by atoms with Crippen LogP contribution >= 0.6 is 0 Å². The van der Waals surface area contributed by atoms with Gasteiger partial charge in [-0.1, -0.05) is 26.8 Å². The van der Waals surface area contributed by atoms with Crippen LogP contribution in [0.15, 0.2) is 12.1 Å². The maximum Gasteiger partial charge on any atom is 0.165 e. The van der Waals surface area contributed by atoms with E-state index >= 15 is 0 Å². The lowest BCUT2D eigenvalue weighted by Crippen LogP contribution is -2.83. The van der Waals surface area contributed by atoms with E-state index in [1.807, 2.05) is 20.1 Å². The van der Waals surface area contributed by atoms with Gasteiger partial charge in [0.1, 0.15) is 11.7 Å². The van der Waals surface area contributed by atoms with E-state index in [1.165, 1.54) is 11.1 Å². The highest BCUT2D eigenvalue weighted by molar-refractivity contribution is 5.63. The molecule has 1 N–H and O–H groups in total. The quantitative estimate of drug-likeness (QED) is 0.657. The number of benzene rings is 1. The molecule has 35 heavy (non-hydrogen) atoms. The summed E-state index contributed by atoms with van der Waals surface area (Å²) in [6, 6.07) is 4.30. The van der Waals surface area contributed by atoms with Crippen LogP contribution in [-0.4, -0.2) is 60.6 Å². The summed E-state index contributed by atoms with van der Waals surface area (Å²) in [6.45, 7) is 7.78. The highest BCUT2D eigenvalue weighted by atomic mass is 16.6. The van der Waals surface area contributed by atoms with E-state index in [4.69, 9.17) is 14.2 Å². The Bertz CT molecular complexity index is 1160. The molecule has 1 saturated heterocycles. The number of aliphatic hydroxyl groups is 1. The van der Waals surface area contributed by atoms with E-state index in [0.717, 1.165) is 63.0 Å². The van der Waals surface area contributed by atoms with Crippen molar-refractivity contribution in [1.29, 1.82) is 0 Å². The first kappa shape index (κ1) is 20.7. The van der Waals surface area contributed by atoms with Gasteiger partial charge in [-0.3, -0.25) is 4.90 Å². The Hall–Kier alpha value is -1.30. The molecule has 0 radical (unpaired) electrons. The number of methoxy groups -OCH3 is 2. The first-order valence-electron chi connectivity index (χ1n) is 14.7. The van der Waals surface area contributed by atoms with Crippen molar-refractivity contribution in [3.8, 4) is 11.5 Å². The second kappa shape index (κ2) is 6.76. The molecule has 2 heterocycles. The van der Waals surface area contributed by atoms with Gasteiger partial charge >= 0.3 is 0 Å². The fourth-order valence-electron chi connectivity index (χ4n) is 9.39. The Labute approximate surface area is 213 Å². The van der Waals surface area contributed by atoms with Crippen molar-refractivity contribution in [2.24, 2.45) is 22.7 Å². The van der Waals surface area contributed by atoms with Crippen LogP contribution in [0.5, 0.6) is 11.5 Å². The monoisotopic (exact) mass is 483 g/mol. The Morgan fingerprint density at radius 2 is 1.94 bits per heavy atom. The molecule has 7 atom stereocenters. The van der Waals surface area contributed by atoms with Crippen molar-refractivity contribution in [1.82, 2.24) is 4.90 Å². The van der Waals surface area contributed by atoms with Crippen molar-refractivity contribution in [3.63, 3.8) is 0 Å². The van der Waals surface area contributed by atoms with Crippen LogP contribution in [0.2, 0.25) is 0 Å². The lowest BCUT2D eigenvalue weighted by molar-refractivity contribution is -0.312. The first-order chi connectivity index (χ1) is 17.3. The summed E-state index contributed by atoms with van der Waals surface area (Å²) in [7, 11) is 3.52. The summed E-state index contributed by atoms with van der Waals surface area (Å²) >= 11 is 0. The van der Waals surface area contributed by atoms with Crippen molar-refractivity contribution in [2.45, 2.75) is 101 Å². The fraction of sp³-hybridized carbons (Fsp3) is 0.800. The number of fused-ring (bicyclic) bond motifs is 2. The average molecular weight is 484 g/mol. The van der Waals surface area contributed by atoms with E-state index in [9.17, 15) is 7.85 Å². The van der Waals surface area contributed by atoms with Gasteiger partial charge in [0, 0.05) is 44.7 Å². The van der Waals surface area contributed by atoms with Crippen LogP contribution in [0.3, 0.4) is 0 Å². The van der Waals surface area contributed by atoms with Gasteiger partial charge in [-0.25, -0.2) is 0 Å². The zero-order valence-electron chi connectivity index (χ0n) is 24.2. The molecule has 5 heteroatoms. The summed E-state index contributed by atoms with van der Waals surface area (Å²) in [6.07, 6.45) is 6.00. The molecule has 0 unspecified atom stereocenters. The van der Waals surface area contributed by atoms with Gasteiger partial charge in [0.15, 0.2) is 11.5 Å². The highest BCUT2D eigenvalue weighted by Gasteiger charge is 2.82.